The summed E-state index contributed by atoms with van der Waals surface area (Å²) in [7, 11) is 0. The van der Waals surface area contributed by atoms with E-state index in [1.807, 2.05) is 6.92 Å². The van der Waals surface area contributed by atoms with Crippen molar-refractivity contribution in [3.05, 3.63) is 12.2 Å². The van der Waals surface area contributed by atoms with Gasteiger partial charge in [-0.05, 0) is 32.1 Å². The Kier molecular flexibility index (Phi) is 3.71. The summed E-state index contributed by atoms with van der Waals surface area (Å²) in [6.07, 6.45) is 5.26. The lowest BCUT2D eigenvalue weighted by atomic mass is 9.78. The quantitative estimate of drug-likeness (QED) is 0.609. The number of rotatable bonds is 3. The third-order valence-corrected chi connectivity index (χ3v) is 2.96. The number of ketones is 1. The number of hydrogen-bond acceptors (Lipinski definition) is 1. The summed E-state index contributed by atoms with van der Waals surface area (Å²) in [5.74, 6) is 1.32. The highest BCUT2D eigenvalue weighted by molar-refractivity contribution is 5.81. The van der Waals surface area contributed by atoms with Gasteiger partial charge in [0.2, 0.25) is 0 Å². The minimum Gasteiger partial charge on any atom is -0.299 e. The van der Waals surface area contributed by atoms with Crippen LogP contribution in [0.15, 0.2) is 12.2 Å². The van der Waals surface area contributed by atoms with E-state index in [0.717, 1.165) is 25.7 Å². The monoisotopic (exact) mass is 180 g/mol. The zero-order chi connectivity index (χ0) is 9.84. The Morgan fingerprint density at radius 3 is 2.85 bits per heavy atom. The molecule has 0 amide bonds. The molecule has 1 saturated carbocycles. The zero-order valence-electron chi connectivity index (χ0n) is 8.81. The van der Waals surface area contributed by atoms with Crippen LogP contribution in [0, 0.1) is 11.8 Å². The van der Waals surface area contributed by atoms with Crippen LogP contribution in [0.1, 0.15) is 46.0 Å². The van der Waals surface area contributed by atoms with Crippen molar-refractivity contribution in [2.75, 3.05) is 0 Å². The highest BCUT2D eigenvalue weighted by Crippen LogP contribution is 2.30. The van der Waals surface area contributed by atoms with E-state index in [0.29, 0.717) is 17.6 Å². The second kappa shape index (κ2) is 4.59. The molecule has 1 heteroatoms. The van der Waals surface area contributed by atoms with Crippen molar-refractivity contribution in [3.63, 3.8) is 0 Å². The number of allylic oxidation sites excluding steroid dienone is 1. The van der Waals surface area contributed by atoms with Crippen LogP contribution >= 0.6 is 0 Å². The van der Waals surface area contributed by atoms with E-state index in [-0.39, 0.29) is 0 Å². The molecule has 74 valence electrons. The first kappa shape index (κ1) is 10.5. The normalized spacial score (nSPS) is 25.7. The van der Waals surface area contributed by atoms with Gasteiger partial charge in [0.1, 0.15) is 5.78 Å². The van der Waals surface area contributed by atoms with Crippen molar-refractivity contribution in [2.24, 2.45) is 11.8 Å². The second-order valence-corrected chi connectivity index (χ2v) is 4.46. The Morgan fingerprint density at radius 1 is 1.62 bits per heavy atom. The van der Waals surface area contributed by atoms with Gasteiger partial charge >= 0.3 is 0 Å². The lowest BCUT2D eigenvalue weighted by Gasteiger charge is -2.26. The molecule has 0 bridgehead atoms. The predicted molar refractivity (Wildman–Crippen MR) is 55.6 cm³/mol. The molecule has 0 heterocycles. The molecule has 1 rings (SSSR count). The largest absolute Gasteiger partial charge is 0.299 e. The molecule has 0 saturated heterocycles. The maximum Gasteiger partial charge on any atom is 0.136 e. The van der Waals surface area contributed by atoms with Crippen LogP contribution in [0.4, 0.5) is 0 Å². The van der Waals surface area contributed by atoms with Crippen LogP contribution in [-0.2, 0) is 4.79 Å². The number of carbonyl (C=O) groups is 1. The van der Waals surface area contributed by atoms with E-state index < -0.39 is 0 Å². The molecule has 0 aliphatic heterocycles. The number of hydrogen-bond donors (Lipinski definition) is 0. The third kappa shape index (κ3) is 2.98. The molecule has 2 unspecified atom stereocenters. The fraction of sp³-hybridized carbons (Fsp3) is 0.750. The highest BCUT2D eigenvalue weighted by atomic mass is 16.1. The maximum atomic E-state index is 11.6. The number of carbonyl (C=O) groups excluding carboxylic acids is 1. The summed E-state index contributed by atoms with van der Waals surface area (Å²) in [6.45, 7) is 8.13. The van der Waals surface area contributed by atoms with Crippen LogP contribution in [0.3, 0.4) is 0 Å². The Labute approximate surface area is 81.2 Å². The smallest absolute Gasteiger partial charge is 0.136 e. The van der Waals surface area contributed by atoms with Crippen molar-refractivity contribution in [1.82, 2.24) is 0 Å². The SMILES string of the molecule is C=C(C)CC(C)C1CCCCC1=O. The van der Waals surface area contributed by atoms with Gasteiger partial charge in [0.05, 0.1) is 0 Å². The van der Waals surface area contributed by atoms with Crippen molar-refractivity contribution >= 4 is 5.78 Å². The molecular weight excluding hydrogens is 160 g/mol. The summed E-state index contributed by atoms with van der Waals surface area (Å²) in [6, 6.07) is 0. The maximum absolute atomic E-state index is 11.6. The predicted octanol–water partition coefficient (Wildman–Crippen LogP) is 3.35. The first-order valence-electron chi connectivity index (χ1n) is 5.28. The molecule has 1 fully saturated rings. The Bertz CT molecular complexity index is 205. The minimum atomic E-state index is 0.324. The first-order chi connectivity index (χ1) is 6.11. The van der Waals surface area contributed by atoms with Gasteiger partial charge in [0.25, 0.3) is 0 Å². The first-order valence-corrected chi connectivity index (χ1v) is 5.28. The minimum absolute atomic E-state index is 0.324. The molecule has 0 N–H and O–H groups in total. The van der Waals surface area contributed by atoms with E-state index in [2.05, 4.69) is 13.5 Å². The van der Waals surface area contributed by atoms with Gasteiger partial charge in [-0.1, -0.05) is 18.9 Å². The fourth-order valence-electron chi connectivity index (χ4n) is 2.30. The number of Topliss-reactive ketones (excluding diaryl/α,β-unsaturated/α-hetero) is 1. The van der Waals surface area contributed by atoms with E-state index in [9.17, 15) is 4.79 Å². The van der Waals surface area contributed by atoms with Gasteiger partial charge in [0.15, 0.2) is 0 Å². The Hall–Kier alpha value is -0.590. The molecule has 1 aliphatic rings. The van der Waals surface area contributed by atoms with Gasteiger partial charge in [-0.2, -0.15) is 0 Å². The lowest BCUT2D eigenvalue weighted by molar-refractivity contribution is -0.126. The highest BCUT2D eigenvalue weighted by Gasteiger charge is 2.26. The standard InChI is InChI=1S/C12H20O/c1-9(2)8-10(3)11-6-4-5-7-12(11)13/h10-11H,1,4-8H2,2-3H3. The van der Waals surface area contributed by atoms with Crippen LogP contribution < -0.4 is 0 Å². The van der Waals surface area contributed by atoms with Crippen molar-refractivity contribution in [1.29, 1.82) is 0 Å². The Morgan fingerprint density at radius 2 is 2.31 bits per heavy atom. The Balaban J connectivity index is 2.48. The summed E-state index contributed by atoms with van der Waals surface area (Å²) >= 11 is 0. The molecule has 0 aromatic rings. The summed E-state index contributed by atoms with van der Waals surface area (Å²) < 4.78 is 0. The average molecular weight is 180 g/mol. The lowest BCUT2D eigenvalue weighted by Crippen LogP contribution is -2.25. The molecular formula is C12H20O. The fourth-order valence-corrected chi connectivity index (χ4v) is 2.30. The summed E-state index contributed by atoms with van der Waals surface area (Å²) in [5, 5.41) is 0. The molecule has 0 aromatic carbocycles. The molecule has 0 spiro atoms. The van der Waals surface area contributed by atoms with Gasteiger partial charge in [-0.25, -0.2) is 0 Å². The van der Waals surface area contributed by atoms with Gasteiger partial charge < -0.3 is 0 Å². The molecule has 13 heavy (non-hydrogen) atoms. The van der Waals surface area contributed by atoms with E-state index in [1.165, 1.54) is 12.0 Å². The summed E-state index contributed by atoms with van der Waals surface area (Å²) in [5.41, 5.74) is 1.20. The van der Waals surface area contributed by atoms with Gasteiger partial charge in [0, 0.05) is 12.3 Å². The molecule has 0 radical (unpaired) electrons. The van der Waals surface area contributed by atoms with Crippen molar-refractivity contribution < 1.29 is 4.79 Å². The summed E-state index contributed by atoms with van der Waals surface area (Å²) in [4.78, 5) is 11.6. The van der Waals surface area contributed by atoms with Crippen LogP contribution in [0.2, 0.25) is 0 Å². The zero-order valence-corrected chi connectivity index (χ0v) is 8.81. The second-order valence-electron chi connectivity index (χ2n) is 4.46. The molecule has 1 aliphatic carbocycles. The van der Waals surface area contributed by atoms with Crippen molar-refractivity contribution in [2.45, 2.75) is 46.0 Å². The van der Waals surface area contributed by atoms with Gasteiger partial charge in [-0.15, -0.1) is 6.58 Å². The van der Waals surface area contributed by atoms with Crippen LogP contribution in [-0.4, -0.2) is 5.78 Å². The molecule has 2 atom stereocenters. The van der Waals surface area contributed by atoms with Crippen LogP contribution in [0.5, 0.6) is 0 Å². The third-order valence-electron chi connectivity index (χ3n) is 2.96. The molecule has 0 aromatic heterocycles. The van der Waals surface area contributed by atoms with E-state index in [1.54, 1.807) is 0 Å². The van der Waals surface area contributed by atoms with E-state index in [4.69, 9.17) is 0 Å². The average Bonchev–Trinajstić information content (AvgIpc) is 2.03. The van der Waals surface area contributed by atoms with Crippen molar-refractivity contribution in [3.8, 4) is 0 Å². The van der Waals surface area contributed by atoms with E-state index >= 15 is 0 Å². The van der Waals surface area contributed by atoms with Crippen LogP contribution in [0.25, 0.3) is 0 Å². The molecule has 1 nitrogen and oxygen atoms in total. The topological polar surface area (TPSA) is 17.1 Å². The van der Waals surface area contributed by atoms with Gasteiger partial charge in [-0.3, -0.25) is 4.79 Å².